The molecule has 0 bridgehead atoms. The molecule has 0 saturated carbocycles. The van der Waals surface area contributed by atoms with Crippen molar-refractivity contribution in [1.29, 1.82) is 0 Å². The number of fused-ring (bicyclic) bond motifs is 1. The van der Waals surface area contributed by atoms with Crippen LogP contribution in [0.1, 0.15) is 0 Å². The smallest absolute Gasteiger partial charge is 0.179 e. The van der Waals surface area contributed by atoms with E-state index >= 15 is 0 Å². The summed E-state index contributed by atoms with van der Waals surface area (Å²) in [5.41, 5.74) is 0.621. The Labute approximate surface area is 72.6 Å². The predicted molar refractivity (Wildman–Crippen MR) is 43.0 cm³/mol. The minimum atomic E-state index is 0.509. The Bertz CT molecular complexity index is 396. The molecule has 11 heavy (non-hydrogen) atoms. The van der Waals surface area contributed by atoms with Gasteiger partial charge in [-0.1, -0.05) is 23.2 Å². The maximum atomic E-state index is 5.80. The summed E-state index contributed by atoms with van der Waals surface area (Å²) in [6.45, 7) is 0. The van der Waals surface area contributed by atoms with Crippen LogP contribution < -0.4 is 0 Å². The molecule has 0 unspecified atom stereocenters. The highest BCUT2D eigenvalue weighted by Crippen LogP contribution is 2.19. The summed E-state index contributed by atoms with van der Waals surface area (Å²) in [4.78, 5) is 0. The van der Waals surface area contributed by atoms with E-state index in [0.29, 0.717) is 15.7 Å². The summed E-state index contributed by atoms with van der Waals surface area (Å²) in [5.74, 6) is 0. The molecular weight excluding hydrogens is 185 g/mol. The van der Waals surface area contributed by atoms with E-state index in [0.717, 1.165) is 0 Å². The fraction of sp³-hybridized carbons (Fsp3) is 0. The van der Waals surface area contributed by atoms with Crippen molar-refractivity contribution >= 4 is 28.8 Å². The van der Waals surface area contributed by atoms with Gasteiger partial charge in [0.05, 0.1) is 10.0 Å². The topological polar surface area (TPSA) is 30.2 Å². The zero-order valence-electron chi connectivity index (χ0n) is 5.33. The van der Waals surface area contributed by atoms with Crippen molar-refractivity contribution in [3.63, 3.8) is 0 Å². The Kier molecular flexibility index (Phi) is 1.47. The number of hydrogen-bond acceptors (Lipinski definition) is 2. The average Bonchev–Trinajstić information content (AvgIpc) is 2.34. The van der Waals surface area contributed by atoms with Crippen LogP contribution in [0.15, 0.2) is 18.6 Å². The molecule has 2 heterocycles. The molecule has 0 aliphatic rings. The zero-order chi connectivity index (χ0) is 7.84. The van der Waals surface area contributed by atoms with Crippen LogP contribution in [-0.2, 0) is 0 Å². The van der Waals surface area contributed by atoms with Crippen molar-refractivity contribution in [3.05, 3.63) is 28.6 Å². The van der Waals surface area contributed by atoms with E-state index in [1.165, 1.54) is 0 Å². The summed E-state index contributed by atoms with van der Waals surface area (Å²) in [7, 11) is 0. The summed E-state index contributed by atoms with van der Waals surface area (Å²) < 4.78 is 1.67. The molecule has 2 aromatic heterocycles. The lowest BCUT2D eigenvalue weighted by Crippen LogP contribution is -1.82. The molecular formula is C6H3Cl2N3. The second-order valence-corrected chi connectivity index (χ2v) is 2.91. The minimum absolute atomic E-state index is 0.509. The monoisotopic (exact) mass is 187 g/mol. The normalized spacial score (nSPS) is 10.7. The SMILES string of the molecule is Clc1cc(Cl)c2nncn2c1. The highest BCUT2D eigenvalue weighted by Gasteiger charge is 2.01. The Morgan fingerprint density at radius 3 is 3.00 bits per heavy atom. The molecule has 0 aliphatic heterocycles. The molecule has 0 aromatic carbocycles. The van der Waals surface area contributed by atoms with E-state index in [-0.39, 0.29) is 0 Å². The molecule has 0 N–H and O–H groups in total. The quantitative estimate of drug-likeness (QED) is 0.633. The lowest BCUT2D eigenvalue weighted by atomic mass is 10.5. The molecule has 0 radical (unpaired) electrons. The van der Waals surface area contributed by atoms with E-state index in [4.69, 9.17) is 23.2 Å². The first-order valence-electron chi connectivity index (χ1n) is 2.92. The zero-order valence-corrected chi connectivity index (χ0v) is 6.84. The van der Waals surface area contributed by atoms with Gasteiger partial charge in [0.1, 0.15) is 6.33 Å². The number of nitrogens with zero attached hydrogens (tertiary/aromatic N) is 3. The molecule has 0 fully saturated rings. The second-order valence-electron chi connectivity index (χ2n) is 2.07. The van der Waals surface area contributed by atoms with Crippen LogP contribution in [0.2, 0.25) is 10.0 Å². The molecule has 2 aromatic rings. The largest absolute Gasteiger partial charge is 0.286 e. The number of pyridine rings is 1. The van der Waals surface area contributed by atoms with Gasteiger partial charge in [-0.05, 0) is 6.07 Å². The maximum absolute atomic E-state index is 5.80. The van der Waals surface area contributed by atoms with E-state index in [9.17, 15) is 0 Å². The molecule has 0 atom stereocenters. The standard InChI is InChI=1S/C6H3Cl2N3/c7-4-1-5(8)6-10-9-3-11(6)2-4/h1-3H. The van der Waals surface area contributed by atoms with Crippen LogP contribution in [0.3, 0.4) is 0 Å². The van der Waals surface area contributed by atoms with Crippen LogP contribution in [0.25, 0.3) is 5.65 Å². The van der Waals surface area contributed by atoms with E-state index < -0.39 is 0 Å². The van der Waals surface area contributed by atoms with Crippen molar-refractivity contribution in [2.24, 2.45) is 0 Å². The molecule has 2 rings (SSSR count). The van der Waals surface area contributed by atoms with Crippen molar-refractivity contribution in [3.8, 4) is 0 Å². The Hall–Kier alpha value is -0.800. The third kappa shape index (κ3) is 1.06. The number of rotatable bonds is 0. The minimum Gasteiger partial charge on any atom is -0.286 e. The van der Waals surface area contributed by atoms with Gasteiger partial charge in [-0.3, -0.25) is 4.40 Å². The van der Waals surface area contributed by atoms with Crippen LogP contribution >= 0.6 is 23.2 Å². The molecule has 0 amide bonds. The van der Waals surface area contributed by atoms with Crippen molar-refractivity contribution in [1.82, 2.24) is 14.6 Å². The van der Waals surface area contributed by atoms with Crippen molar-refractivity contribution < 1.29 is 0 Å². The molecule has 56 valence electrons. The molecule has 5 heteroatoms. The van der Waals surface area contributed by atoms with E-state index in [1.807, 2.05) is 0 Å². The van der Waals surface area contributed by atoms with Gasteiger partial charge in [0.25, 0.3) is 0 Å². The van der Waals surface area contributed by atoms with Crippen LogP contribution in [0, 0.1) is 0 Å². The second kappa shape index (κ2) is 2.36. The summed E-state index contributed by atoms with van der Waals surface area (Å²) in [6, 6.07) is 1.63. The lowest BCUT2D eigenvalue weighted by Gasteiger charge is -1.94. The third-order valence-corrected chi connectivity index (χ3v) is 1.80. The Morgan fingerprint density at radius 1 is 1.36 bits per heavy atom. The van der Waals surface area contributed by atoms with Crippen molar-refractivity contribution in [2.45, 2.75) is 0 Å². The fourth-order valence-corrected chi connectivity index (χ4v) is 1.39. The van der Waals surface area contributed by atoms with Gasteiger partial charge in [-0.25, -0.2) is 0 Å². The number of halogens is 2. The van der Waals surface area contributed by atoms with Gasteiger partial charge in [-0.2, -0.15) is 0 Å². The fourth-order valence-electron chi connectivity index (χ4n) is 0.864. The van der Waals surface area contributed by atoms with Gasteiger partial charge < -0.3 is 0 Å². The first-order chi connectivity index (χ1) is 5.27. The summed E-state index contributed by atoms with van der Waals surface area (Å²) in [5, 5.41) is 8.54. The Balaban J connectivity index is 2.91. The van der Waals surface area contributed by atoms with Gasteiger partial charge in [0.15, 0.2) is 5.65 Å². The van der Waals surface area contributed by atoms with Crippen LogP contribution in [0.4, 0.5) is 0 Å². The highest BCUT2D eigenvalue weighted by atomic mass is 35.5. The van der Waals surface area contributed by atoms with Gasteiger partial charge in [0.2, 0.25) is 0 Å². The maximum Gasteiger partial charge on any atom is 0.179 e. The van der Waals surface area contributed by atoms with Gasteiger partial charge in [-0.15, -0.1) is 10.2 Å². The number of hydrogen-bond donors (Lipinski definition) is 0. The lowest BCUT2D eigenvalue weighted by molar-refractivity contribution is 1.10. The third-order valence-electron chi connectivity index (χ3n) is 1.31. The Morgan fingerprint density at radius 2 is 2.18 bits per heavy atom. The summed E-state index contributed by atoms with van der Waals surface area (Å²) >= 11 is 11.5. The van der Waals surface area contributed by atoms with Gasteiger partial charge in [0, 0.05) is 6.20 Å². The molecule has 0 aliphatic carbocycles. The average molecular weight is 188 g/mol. The predicted octanol–water partition coefficient (Wildman–Crippen LogP) is 2.04. The van der Waals surface area contributed by atoms with E-state index in [1.54, 1.807) is 23.0 Å². The van der Waals surface area contributed by atoms with Gasteiger partial charge >= 0.3 is 0 Å². The summed E-state index contributed by atoms with van der Waals surface area (Å²) in [6.07, 6.45) is 3.25. The first kappa shape index (κ1) is 6.88. The number of aromatic nitrogens is 3. The van der Waals surface area contributed by atoms with Crippen LogP contribution in [-0.4, -0.2) is 14.6 Å². The van der Waals surface area contributed by atoms with E-state index in [2.05, 4.69) is 10.2 Å². The highest BCUT2D eigenvalue weighted by molar-refractivity contribution is 6.36. The molecule has 0 saturated heterocycles. The van der Waals surface area contributed by atoms with Crippen molar-refractivity contribution in [2.75, 3.05) is 0 Å². The first-order valence-corrected chi connectivity index (χ1v) is 3.67. The molecule has 3 nitrogen and oxygen atoms in total. The molecule has 0 spiro atoms. The van der Waals surface area contributed by atoms with Crippen LogP contribution in [0.5, 0.6) is 0 Å².